The van der Waals surface area contributed by atoms with Crippen molar-refractivity contribution >= 4 is 23.2 Å². The third-order valence-corrected chi connectivity index (χ3v) is 4.60. The number of piperidine rings is 1. The number of nitrogens with one attached hydrogen (secondary N) is 1. The molecule has 1 fully saturated rings. The van der Waals surface area contributed by atoms with Gasteiger partial charge >= 0.3 is 0 Å². The molecule has 0 aromatic heterocycles. The number of hydrogen-bond donors (Lipinski definition) is 1. The molecule has 1 aromatic rings. The Morgan fingerprint density at radius 1 is 1.35 bits per heavy atom. The first-order valence-electron chi connectivity index (χ1n) is 7.45. The molecule has 112 valence electrons. The van der Waals surface area contributed by atoms with Gasteiger partial charge in [-0.05, 0) is 63.4 Å². The number of halogens is 2. The van der Waals surface area contributed by atoms with E-state index >= 15 is 0 Å². The molecule has 0 bridgehead atoms. The monoisotopic (exact) mass is 314 g/mol. The van der Waals surface area contributed by atoms with Crippen LogP contribution in [0.3, 0.4) is 0 Å². The second-order valence-electron chi connectivity index (χ2n) is 5.97. The summed E-state index contributed by atoms with van der Waals surface area (Å²) >= 11 is 12.3. The lowest BCUT2D eigenvalue weighted by Crippen LogP contribution is -2.40. The highest BCUT2D eigenvalue weighted by Crippen LogP contribution is 2.24. The Morgan fingerprint density at radius 2 is 2.15 bits per heavy atom. The van der Waals surface area contributed by atoms with Gasteiger partial charge in [0.15, 0.2) is 0 Å². The van der Waals surface area contributed by atoms with Gasteiger partial charge in [0.2, 0.25) is 0 Å². The standard InChI is InChI=1S/C16H24Cl2N2/c1-12(2)20(10-13-4-3-7-19-9-13)11-14-5-6-15(17)8-16(14)18/h5-6,8,12-13,19H,3-4,7,9-11H2,1-2H3. The van der Waals surface area contributed by atoms with Gasteiger partial charge < -0.3 is 5.32 Å². The van der Waals surface area contributed by atoms with Crippen molar-refractivity contribution in [1.29, 1.82) is 0 Å². The Kier molecular flexibility index (Phi) is 6.16. The minimum Gasteiger partial charge on any atom is -0.316 e. The van der Waals surface area contributed by atoms with Gasteiger partial charge in [-0.25, -0.2) is 0 Å². The molecule has 0 spiro atoms. The predicted molar refractivity (Wildman–Crippen MR) is 87.6 cm³/mol. The first-order valence-corrected chi connectivity index (χ1v) is 8.20. The van der Waals surface area contributed by atoms with Gasteiger partial charge in [0.25, 0.3) is 0 Å². The van der Waals surface area contributed by atoms with Gasteiger partial charge in [-0.15, -0.1) is 0 Å². The van der Waals surface area contributed by atoms with Crippen molar-refractivity contribution in [1.82, 2.24) is 10.2 Å². The van der Waals surface area contributed by atoms with Crippen LogP contribution < -0.4 is 5.32 Å². The second-order valence-corrected chi connectivity index (χ2v) is 6.81. The second kappa shape index (κ2) is 7.65. The van der Waals surface area contributed by atoms with Crippen LogP contribution in [0.4, 0.5) is 0 Å². The Bertz CT molecular complexity index is 428. The summed E-state index contributed by atoms with van der Waals surface area (Å²) in [6, 6.07) is 6.31. The fourth-order valence-electron chi connectivity index (χ4n) is 2.74. The zero-order chi connectivity index (χ0) is 14.5. The normalized spacial score (nSPS) is 19.8. The summed E-state index contributed by atoms with van der Waals surface area (Å²) in [5.74, 6) is 0.747. The Balaban J connectivity index is 2.01. The molecule has 20 heavy (non-hydrogen) atoms. The Morgan fingerprint density at radius 3 is 2.75 bits per heavy atom. The lowest BCUT2D eigenvalue weighted by Gasteiger charge is -2.33. The molecule has 2 nitrogen and oxygen atoms in total. The average molecular weight is 315 g/mol. The number of hydrogen-bond acceptors (Lipinski definition) is 2. The minimum absolute atomic E-state index is 0.517. The zero-order valence-corrected chi connectivity index (χ0v) is 13.8. The molecule has 0 radical (unpaired) electrons. The van der Waals surface area contributed by atoms with Crippen molar-refractivity contribution < 1.29 is 0 Å². The van der Waals surface area contributed by atoms with Crippen molar-refractivity contribution in [2.45, 2.75) is 39.3 Å². The molecule has 1 saturated heterocycles. The van der Waals surface area contributed by atoms with Crippen LogP contribution >= 0.6 is 23.2 Å². The molecule has 0 amide bonds. The molecule has 0 saturated carbocycles. The van der Waals surface area contributed by atoms with Gasteiger partial charge in [-0.3, -0.25) is 4.90 Å². The number of benzene rings is 1. The quantitative estimate of drug-likeness (QED) is 0.876. The van der Waals surface area contributed by atoms with E-state index in [2.05, 4.69) is 24.1 Å². The molecule has 1 atom stereocenters. The highest BCUT2D eigenvalue weighted by molar-refractivity contribution is 6.35. The molecule has 4 heteroatoms. The number of rotatable bonds is 5. The molecular formula is C16H24Cl2N2. The SMILES string of the molecule is CC(C)N(Cc1ccc(Cl)cc1Cl)CC1CCCNC1. The molecule has 1 aliphatic rings. The van der Waals surface area contributed by atoms with Gasteiger partial charge in [-0.2, -0.15) is 0 Å². The van der Waals surface area contributed by atoms with E-state index in [0.29, 0.717) is 11.1 Å². The maximum Gasteiger partial charge on any atom is 0.0465 e. The van der Waals surface area contributed by atoms with Gasteiger partial charge in [-0.1, -0.05) is 29.3 Å². The van der Waals surface area contributed by atoms with Gasteiger partial charge in [0.05, 0.1) is 0 Å². The number of nitrogens with zero attached hydrogens (tertiary/aromatic N) is 1. The van der Waals surface area contributed by atoms with E-state index in [0.717, 1.165) is 36.1 Å². The lowest BCUT2D eigenvalue weighted by molar-refractivity contribution is 0.164. The molecule has 1 aliphatic heterocycles. The third-order valence-electron chi connectivity index (χ3n) is 4.01. The highest BCUT2D eigenvalue weighted by atomic mass is 35.5. The van der Waals surface area contributed by atoms with E-state index in [1.807, 2.05) is 18.2 Å². The fourth-order valence-corrected chi connectivity index (χ4v) is 3.21. The molecule has 0 aliphatic carbocycles. The Labute approximate surface area is 132 Å². The van der Waals surface area contributed by atoms with Crippen LogP contribution in [-0.4, -0.2) is 30.6 Å². The van der Waals surface area contributed by atoms with Crippen molar-refractivity contribution in [3.05, 3.63) is 33.8 Å². The van der Waals surface area contributed by atoms with Gasteiger partial charge in [0.1, 0.15) is 0 Å². The lowest BCUT2D eigenvalue weighted by atomic mass is 9.98. The van der Waals surface area contributed by atoms with Crippen LogP contribution in [0, 0.1) is 5.92 Å². The van der Waals surface area contributed by atoms with E-state index in [1.165, 1.54) is 19.4 Å². The highest BCUT2D eigenvalue weighted by Gasteiger charge is 2.19. The maximum atomic E-state index is 6.30. The molecule has 1 aromatic carbocycles. The summed E-state index contributed by atoms with van der Waals surface area (Å²) in [5, 5.41) is 4.96. The fraction of sp³-hybridized carbons (Fsp3) is 0.625. The maximum absolute atomic E-state index is 6.30. The average Bonchev–Trinajstić information content (AvgIpc) is 2.42. The smallest absolute Gasteiger partial charge is 0.0465 e. The van der Waals surface area contributed by atoms with Crippen LogP contribution in [0.5, 0.6) is 0 Å². The van der Waals surface area contributed by atoms with Crippen LogP contribution in [0.2, 0.25) is 10.0 Å². The van der Waals surface area contributed by atoms with Gasteiger partial charge in [0, 0.05) is 29.2 Å². The van der Waals surface area contributed by atoms with Crippen molar-refractivity contribution in [3.63, 3.8) is 0 Å². The molecule has 1 N–H and O–H groups in total. The van der Waals surface area contributed by atoms with E-state index in [4.69, 9.17) is 23.2 Å². The van der Waals surface area contributed by atoms with Crippen LogP contribution in [0.15, 0.2) is 18.2 Å². The molecule has 1 unspecified atom stereocenters. The van der Waals surface area contributed by atoms with Crippen molar-refractivity contribution in [2.24, 2.45) is 5.92 Å². The largest absolute Gasteiger partial charge is 0.316 e. The van der Waals surface area contributed by atoms with Crippen LogP contribution in [0.25, 0.3) is 0 Å². The van der Waals surface area contributed by atoms with E-state index in [9.17, 15) is 0 Å². The van der Waals surface area contributed by atoms with Crippen LogP contribution in [-0.2, 0) is 6.54 Å². The summed E-state index contributed by atoms with van der Waals surface area (Å²) in [4.78, 5) is 2.51. The van der Waals surface area contributed by atoms with E-state index in [-0.39, 0.29) is 0 Å². The summed E-state index contributed by atoms with van der Waals surface area (Å²) in [7, 11) is 0. The van der Waals surface area contributed by atoms with Crippen molar-refractivity contribution in [3.8, 4) is 0 Å². The predicted octanol–water partition coefficient (Wildman–Crippen LogP) is 4.20. The molecule has 1 heterocycles. The van der Waals surface area contributed by atoms with Crippen molar-refractivity contribution in [2.75, 3.05) is 19.6 Å². The first kappa shape index (κ1) is 16.1. The van der Waals surface area contributed by atoms with Crippen LogP contribution in [0.1, 0.15) is 32.3 Å². The van der Waals surface area contributed by atoms with E-state index in [1.54, 1.807) is 0 Å². The first-order chi connectivity index (χ1) is 9.56. The van der Waals surface area contributed by atoms with E-state index < -0.39 is 0 Å². The molecule has 2 rings (SSSR count). The Hall–Kier alpha value is -0.280. The summed E-state index contributed by atoms with van der Waals surface area (Å²) in [6.07, 6.45) is 2.61. The zero-order valence-electron chi connectivity index (χ0n) is 12.3. The summed E-state index contributed by atoms with van der Waals surface area (Å²) in [5.41, 5.74) is 1.16. The summed E-state index contributed by atoms with van der Waals surface area (Å²) in [6.45, 7) is 8.83. The summed E-state index contributed by atoms with van der Waals surface area (Å²) < 4.78 is 0. The minimum atomic E-state index is 0.517. The molecular weight excluding hydrogens is 291 g/mol. The topological polar surface area (TPSA) is 15.3 Å². The third kappa shape index (κ3) is 4.63.